The van der Waals surface area contributed by atoms with Crippen LogP contribution in [0.2, 0.25) is 0 Å². The molecule has 3 saturated heterocycles. The van der Waals surface area contributed by atoms with E-state index in [0.29, 0.717) is 61.0 Å². The van der Waals surface area contributed by atoms with Gasteiger partial charge in [-0.1, -0.05) is 18.1 Å². The van der Waals surface area contributed by atoms with Gasteiger partial charge in [-0.05, 0) is 44.0 Å². The van der Waals surface area contributed by atoms with Gasteiger partial charge >= 0.3 is 5.97 Å². The van der Waals surface area contributed by atoms with Gasteiger partial charge in [0, 0.05) is 36.7 Å². The number of hydrogen-bond acceptors (Lipinski definition) is 11. The zero-order valence-corrected chi connectivity index (χ0v) is 27.3. The Hall–Kier alpha value is -5.33. The normalized spacial score (nSPS) is 21.5. The van der Waals surface area contributed by atoms with Crippen LogP contribution in [0, 0.1) is 11.8 Å². The second-order valence-electron chi connectivity index (χ2n) is 12.6. The lowest BCUT2D eigenvalue weighted by Crippen LogP contribution is -2.68. The number of carboxylic acid groups (broad SMARTS) is 1. The van der Waals surface area contributed by atoms with Gasteiger partial charge < -0.3 is 33.5 Å². The molecule has 0 saturated carbocycles. The van der Waals surface area contributed by atoms with Gasteiger partial charge in [0.15, 0.2) is 17.2 Å². The molecule has 1 spiro atoms. The van der Waals surface area contributed by atoms with Crippen molar-refractivity contribution >= 4 is 39.5 Å². The number of aromatic nitrogens is 5. The molecule has 4 aromatic heterocycles. The highest BCUT2D eigenvalue weighted by Gasteiger charge is 2.50. The number of alkyl halides is 2. The molecule has 3 aliphatic heterocycles. The Morgan fingerprint density at radius 1 is 1.18 bits per heavy atom. The lowest BCUT2D eigenvalue weighted by Gasteiger charge is -2.53. The van der Waals surface area contributed by atoms with Crippen LogP contribution in [0.4, 0.5) is 20.3 Å². The predicted molar refractivity (Wildman–Crippen MR) is 176 cm³/mol. The number of para-hydroxylation sites is 1. The Balaban J connectivity index is 1.16. The number of rotatable bonds is 7. The molecule has 8 rings (SSSR count). The molecule has 7 heterocycles. The summed E-state index contributed by atoms with van der Waals surface area (Å²) in [5, 5.41) is 15.1. The molecule has 0 unspecified atom stereocenters. The molecule has 0 bridgehead atoms. The minimum Gasteiger partial charge on any atom is -0.480 e. The Bertz CT molecular complexity index is 2160. The molecular weight excluding hydrogens is 652 g/mol. The van der Waals surface area contributed by atoms with E-state index in [1.165, 1.54) is 4.90 Å². The van der Waals surface area contributed by atoms with E-state index < -0.39 is 36.0 Å². The van der Waals surface area contributed by atoms with Crippen molar-refractivity contribution in [2.24, 2.45) is 0 Å². The van der Waals surface area contributed by atoms with E-state index in [1.54, 1.807) is 41.3 Å². The largest absolute Gasteiger partial charge is 0.480 e. The third-order valence-electron chi connectivity index (χ3n) is 9.65. The second kappa shape index (κ2) is 12.5. The maximum atomic E-state index is 14.1. The number of hydrogen-bond donors (Lipinski definition) is 1. The van der Waals surface area contributed by atoms with Gasteiger partial charge in [0.05, 0.1) is 38.6 Å². The maximum Gasteiger partial charge on any atom is 0.326 e. The average Bonchev–Trinajstić information content (AvgIpc) is 3.84. The summed E-state index contributed by atoms with van der Waals surface area (Å²) < 4.78 is 54.2. The number of halogens is 2. The quantitative estimate of drug-likeness (QED) is 0.242. The van der Waals surface area contributed by atoms with Crippen molar-refractivity contribution in [1.82, 2.24) is 24.7 Å². The number of carboxylic acids is 1. The highest BCUT2D eigenvalue weighted by molar-refractivity contribution is 6.06. The van der Waals surface area contributed by atoms with Crippen LogP contribution in [-0.2, 0) is 20.8 Å². The molecule has 50 heavy (non-hydrogen) atoms. The topological polar surface area (TPSA) is 141 Å². The fraction of sp³-hybridized carbons (Fsp3) is 0.400. The number of aryl methyl sites for hydroxylation is 1. The molecule has 0 radical (unpaired) electrons. The summed E-state index contributed by atoms with van der Waals surface area (Å²) in [5.41, 5.74) is 2.36. The number of carbonyl (C=O) groups is 1. The number of aliphatic carboxylic acids is 1. The van der Waals surface area contributed by atoms with Crippen LogP contribution in [0.1, 0.15) is 43.8 Å². The molecule has 3 fully saturated rings. The smallest absolute Gasteiger partial charge is 0.326 e. The van der Waals surface area contributed by atoms with Gasteiger partial charge in [-0.2, -0.15) is 5.10 Å². The Labute approximate surface area is 284 Å². The summed E-state index contributed by atoms with van der Waals surface area (Å²) in [5.74, 6) is 4.76. The minimum atomic E-state index is -2.99. The standard InChI is InChI=1S/C35H33F2N7O6/c1-3-44-22(10-11-39-44)9-8-21-14-25(42-12-13-48-35(20(42)2)18-47-19-35)33(38-16-21)49-23-15-26(34(45)46)43(17-23)32-29-28(40-31(41-32)30(36)37)24-6-4-5-7-27(24)50-29/h4-7,10-11,14,16,20,23,26,30H,3,12-13,15,17-19H2,1-2H3,(H,45,46)/t20-,23-,26-/m0/s1. The van der Waals surface area contributed by atoms with Crippen molar-refractivity contribution < 1.29 is 37.3 Å². The van der Waals surface area contributed by atoms with Gasteiger partial charge in [0.2, 0.25) is 5.88 Å². The molecule has 1 N–H and O–H groups in total. The third kappa shape index (κ3) is 5.44. The second-order valence-corrected chi connectivity index (χ2v) is 12.6. The van der Waals surface area contributed by atoms with Gasteiger partial charge in [-0.3, -0.25) is 4.68 Å². The van der Waals surface area contributed by atoms with E-state index in [2.05, 4.69) is 38.7 Å². The van der Waals surface area contributed by atoms with Crippen molar-refractivity contribution in [3.8, 4) is 17.7 Å². The van der Waals surface area contributed by atoms with E-state index in [4.69, 9.17) is 23.6 Å². The first-order valence-electron chi connectivity index (χ1n) is 16.4. The van der Waals surface area contributed by atoms with Crippen LogP contribution in [-0.4, -0.2) is 92.5 Å². The molecule has 15 heteroatoms. The summed E-state index contributed by atoms with van der Waals surface area (Å²) >= 11 is 0. The number of fused-ring (bicyclic) bond motifs is 3. The fourth-order valence-electron chi connectivity index (χ4n) is 6.93. The number of furan rings is 1. The Morgan fingerprint density at radius 2 is 2.02 bits per heavy atom. The van der Waals surface area contributed by atoms with Crippen molar-refractivity contribution in [3.63, 3.8) is 0 Å². The van der Waals surface area contributed by atoms with Crippen molar-refractivity contribution in [1.29, 1.82) is 0 Å². The van der Waals surface area contributed by atoms with Crippen molar-refractivity contribution in [3.05, 3.63) is 65.9 Å². The van der Waals surface area contributed by atoms with E-state index in [0.717, 1.165) is 5.69 Å². The number of nitrogens with zero attached hydrogens (tertiary/aromatic N) is 7. The molecule has 0 aliphatic carbocycles. The van der Waals surface area contributed by atoms with Crippen LogP contribution < -0.4 is 14.5 Å². The summed E-state index contributed by atoms with van der Waals surface area (Å²) in [6.07, 6.45) is -0.329. The first kappa shape index (κ1) is 31.9. The zero-order valence-electron chi connectivity index (χ0n) is 27.3. The number of morpholine rings is 1. The predicted octanol–water partition coefficient (Wildman–Crippen LogP) is 4.43. The van der Waals surface area contributed by atoms with Gasteiger partial charge in [-0.25, -0.2) is 28.5 Å². The van der Waals surface area contributed by atoms with Crippen LogP contribution >= 0.6 is 0 Å². The van der Waals surface area contributed by atoms with Gasteiger partial charge in [0.25, 0.3) is 6.43 Å². The molecule has 1 aromatic carbocycles. The summed E-state index contributed by atoms with van der Waals surface area (Å²) in [7, 11) is 0. The number of ether oxygens (including phenoxy) is 3. The summed E-state index contributed by atoms with van der Waals surface area (Å²) in [6.45, 7) is 6.69. The monoisotopic (exact) mass is 685 g/mol. The average molecular weight is 686 g/mol. The molecule has 3 atom stereocenters. The Morgan fingerprint density at radius 3 is 2.78 bits per heavy atom. The van der Waals surface area contributed by atoms with E-state index in [1.807, 2.05) is 19.1 Å². The summed E-state index contributed by atoms with van der Waals surface area (Å²) in [4.78, 5) is 29.2. The van der Waals surface area contributed by atoms with E-state index >= 15 is 0 Å². The number of pyridine rings is 1. The highest BCUT2D eigenvalue weighted by atomic mass is 19.3. The van der Waals surface area contributed by atoms with E-state index in [-0.39, 0.29) is 35.9 Å². The minimum absolute atomic E-state index is 0.0168. The molecular formula is C35H33F2N7O6. The first-order chi connectivity index (χ1) is 24.2. The number of anilines is 2. The van der Waals surface area contributed by atoms with E-state index in [9.17, 15) is 18.7 Å². The molecule has 13 nitrogen and oxygen atoms in total. The molecule has 3 aliphatic rings. The lowest BCUT2D eigenvalue weighted by molar-refractivity contribution is -0.228. The highest BCUT2D eigenvalue weighted by Crippen LogP contribution is 2.41. The van der Waals surface area contributed by atoms with Gasteiger partial charge in [0.1, 0.15) is 40.2 Å². The van der Waals surface area contributed by atoms with Crippen molar-refractivity contribution in [2.75, 3.05) is 42.7 Å². The zero-order chi connectivity index (χ0) is 34.6. The van der Waals surface area contributed by atoms with Crippen LogP contribution in [0.5, 0.6) is 5.88 Å². The fourth-order valence-corrected chi connectivity index (χ4v) is 6.93. The molecule has 0 amide bonds. The Kier molecular flexibility index (Phi) is 7.99. The van der Waals surface area contributed by atoms with Gasteiger partial charge in [-0.15, -0.1) is 0 Å². The lowest BCUT2D eigenvalue weighted by atomic mass is 9.90. The SMILES string of the molecule is CCn1nccc1C#Cc1cnc(O[C@H]2C[C@@H](C(=O)O)N(c3nc(C(F)F)nc4c3oc3ccccc34)C2)c(N2CCOC3(COC3)[C@@H]2C)c1. The maximum absolute atomic E-state index is 14.1. The van der Waals surface area contributed by atoms with Crippen LogP contribution in [0.25, 0.3) is 22.1 Å². The van der Waals surface area contributed by atoms with Crippen molar-refractivity contribution in [2.45, 2.75) is 57.0 Å². The molecule has 5 aromatic rings. The summed E-state index contributed by atoms with van der Waals surface area (Å²) in [6, 6.07) is 9.42. The van der Waals surface area contributed by atoms with Crippen LogP contribution in [0.15, 0.2) is 53.2 Å². The third-order valence-corrected chi connectivity index (χ3v) is 9.65. The number of benzene rings is 1. The van der Waals surface area contributed by atoms with Crippen LogP contribution in [0.3, 0.4) is 0 Å². The molecule has 258 valence electrons. The first-order valence-corrected chi connectivity index (χ1v) is 16.4.